The van der Waals surface area contributed by atoms with Crippen LogP contribution in [0.15, 0.2) is 29.1 Å². The number of halogens is 2. The van der Waals surface area contributed by atoms with Crippen molar-refractivity contribution in [2.45, 2.75) is 6.92 Å². The van der Waals surface area contributed by atoms with Crippen LogP contribution in [0.2, 0.25) is 0 Å². The van der Waals surface area contributed by atoms with Gasteiger partial charge in [-0.2, -0.15) is 0 Å². The van der Waals surface area contributed by atoms with Gasteiger partial charge in [-0.3, -0.25) is 9.59 Å². The standard InChI is InChI=1S/C12H9F2N3O2/c1-6-15-10(5-11(18)16-6)17-12(19)8-3-2-7(13)4-9(8)14/h2-5H,1H3,(H2,15,16,17,18,19). The Labute approximate surface area is 106 Å². The molecule has 0 fully saturated rings. The van der Waals surface area contributed by atoms with E-state index in [1.54, 1.807) is 0 Å². The van der Waals surface area contributed by atoms with Crippen molar-refractivity contribution in [1.82, 2.24) is 9.97 Å². The van der Waals surface area contributed by atoms with Crippen LogP contribution in [0.1, 0.15) is 16.2 Å². The average Bonchev–Trinajstić information content (AvgIpc) is 2.26. The van der Waals surface area contributed by atoms with E-state index in [4.69, 9.17) is 0 Å². The highest BCUT2D eigenvalue weighted by Gasteiger charge is 2.13. The van der Waals surface area contributed by atoms with E-state index in [0.29, 0.717) is 11.9 Å². The van der Waals surface area contributed by atoms with Crippen molar-refractivity contribution in [2.24, 2.45) is 0 Å². The summed E-state index contributed by atoms with van der Waals surface area (Å²) in [5.41, 5.74) is -0.775. The minimum Gasteiger partial charge on any atom is -0.311 e. The van der Waals surface area contributed by atoms with Gasteiger partial charge in [0.15, 0.2) is 0 Å². The molecular formula is C12H9F2N3O2. The van der Waals surface area contributed by atoms with Crippen LogP contribution in [0.5, 0.6) is 0 Å². The lowest BCUT2D eigenvalue weighted by Crippen LogP contribution is -2.18. The maximum Gasteiger partial charge on any atom is 0.259 e. The summed E-state index contributed by atoms with van der Waals surface area (Å²) in [5.74, 6) is -2.27. The lowest BCUT2D eigenvalue weighted by Gasteiger charge is -2.05. The first kappa shape index (κ1) is 12.9. The Morgan fingerprint density at radius 2 is 2.05 bits per heavy atom. The number of H-pyrrole nitrogens is 1. The van der Waals surface area contributed by atoms with Crippen molar-refractivity contribution in [3.8, 4) is 0 Å². The van der Waals surface area contributed by atoms with Crippen LogP contribution in [-0.4, -0.2) is 15.9 Å². The van der Waals surface area contributed by atoms with Crippen LogP contribution in [0, 0.1) is 18.6 Å². The molecule has 2 rings (SSSR count). The molecule has 0 spiro atoms. The van der Waals surface area contributed by atoms with E-state index in [-0.39, 0.29) is 11.4 Å². The van der Waals surface area contributed by atoms with Gasteiger partial charge >= 0.3 is 0 Å². The second-order valence-corrected chi connectivity index (χ2v) is 3.79. The van der Waals surface area contributed by atoms with E-state index in [9.17, 15) is 18.4 Å². The molecule has 2 N–H and O–H groups in total. The van der Waals surface area contributed by atoms with Crippen LogP contribution < -0.4 is 10.9 Å². The zero-order valence-corrected chi connectivity index (χ0v) is 9.83. The van der Waals surface area contributed by atoms with E-state index in [1.807, 2.05) is 0 Å². The maximum absolute atomic E-state index is 13.4. The molecule has 1 aromatic carbocycles. The molecule has 1 heterocycles. The number of aryl methyl sites for hydroxylation is 1. The molecule has 1 aromatic heterocycles. The summed E-state index contributed by atoms with van der Waals surface area (Å²) < 4.78 is 26.1. The zero-order valence-electron chi connectivity index (χ0n) is 9.83. The van der Waals surface area contributed by atoms with Gasteiger partial charge in [0.2, 0.25) is 0 Å². The van der Waals surface area contributed by atoms with E-state index < -0.39 is 23.1 Å². The zero-order chi connectivity index (χ0) is 14.0. The number of carbonyl (C=O) groups excluding carboxylic acids is 1. The Hall–Kier alpha value is -2.57. The highest BCUT2D eigenvalue weighted by atomic mass is 19.1. The van der Waals surface area contributed by atoms with E-state index >= 15 is 0 Å². The fourth-order valence-corrected chi connectivity index (χ4v) is 1.50. The predicted octanol–water partition coefficient (Wildman–Crippen LogP) is 1.61. The largest absolute Gasteiger partial charge is 0.311 e. The quantitative estimate of drug-likeness (QED) is 0.866. The average molecular weight is 265 g/mol. The summed E-state index contributed by atoms with van der Waals surface area (Å²) in [6.45, 7) is 1.54. The van der Waals surface area contributed by atoms with Gasteiger partial charge in [0, 0.05) is 12.1 Å². The lowest BCUT2D eigenvalue weighted by atomic mass is 10.2. The number of anilines is 1. The molecule has 5 nitrogen and oxygen atoms in total. The fourth-order valence-electron chi connectivity index (χ4n) is 1.50. The van der Waals surface area contributed by atoms with Crippen molar-refractivity contribution in [1.29, 1.82) is 0 Å². The van der Waals surface area contributed by atoms with Gasteiger partial charge in [-0.25, -0.2) is 13.8 Å². The van der Waals surface area contributed by atoms with Crippen LogP contribution in [0.25, 0.3) is 0 Å². The van der Waals surface area contributed by atoms with Crippen LogP contribution in [0.4, 0.5) is 14.6 Å². The first-order valence-corrected chi connectivity index (χ1v) is 5.30. The molecule has 0 saturated heterocycles. The number of nitrogens with one attached hydrogen (secondary N) is 2. The van der Waals surface area contributed by atoms with Crippen molar-refractivity contribution in [2.75, 3.05) is 5.32 Å². The second-order valence-electron chi connectivity index (χ2n) is 3.79. The molecule has 0 aliphatic rings. The van der Waals surface area contributed by atoms with Crippen LogP contribution >= 0.6 is 0 Å². The number of hydrogen-bond acceptors (Lipinski definition) is 3. The molecule has 0 bridgehead atoms. The van der Waals surface area contributed by atoms with E-state index in [2.05, 4.69) is 15.3 Å². The number of hydrogen-bond donors (Lipinski definition) is 2. The van der Waals surface area contributed by atoms with Crippen molar-refractivity contribution in [3.63, 3.8) is 0 Å². The lowest BCUT2D eigenvalue weighted by molar-refractivity contribution is 0.102. The maximum atomic E-state index is 13.4. The van der Waals surface area contributed by atoms with E-state index in [0.717, 1.165) is 18.2 Å². The van der Waals surface area contributed by atoms with Gasteiger partial charge in [0.25, 0.3) is 11.5 Å². The Kier molecular flexibility index (Phi) is 3.37. The normalized spacial score (nSPS) is 10.3. The van der Waals surface area contributed by atoms with Gasteiger partial charge < -0.3 is 10.3 Å². The summed E-state index contributed by atoms with van der Waals surface area (Å²) in [4.78, 5) is 29.2. The van der Waals surface area contributed by atoms with Gasteiger partial charge in [-0.05, 0) is 19.1 Å². The molecule has 0 radical (unpaired) electrons. The molecule has 98 valence electrons. The molecule has 1 amide bonds. The molecule has 2 aromatic rings. The summed E-state index contributed by atoms with van der Waals surface area (Å²) in [5, 5.41) is 2.27. The Morgan fingerprint density at radius 3 is 2.68 bits per heavy atom. The number of benzene rings is 1. The first-order valence-electron chi connectivity index (χ1n) is 5.30. The third-order valence-electron chi connectivity index (χ3n) is 2.28. The topological polar surface area (TPSA) is 74.8 Å². The molecule has 0 aliphatic carbocycles. The number of aromatic amines is 1. The number of nitrogens with zero attached hydrogens (tertiary/aromatic N) is 1. The third-order valence-corrected chi connectivity index (χ3v) is 2.28. The molecule has 0 unspecified atom stereocenters. The number of rotatable bonds is 2. The summed E-state index contributed by atoms with van der Waals surface area (Å²) in [6.07, 6.45) is 0. The summed E-state index contributed by atoms with van der Waals surface area (Å²) in [6, 6.07) is 3.65. The highest BCUT2D eigenvalue weighted by Crippen LogP contribution is 2.11. The van der Waals surface area contributed by atoms with Gasteiger partial charge in [0.1, 0.15) is 23.3 Å². The monoisotopic (exact) mass is 265 g/mol. The smallest absolute Gasteiger partial charge is 0.259 e. The van der Waals surface area contributed by atoms with E-state index in [1.165, 1.54) is 6.92 Å². The number of amides is 1. The molecule has 0 aliphatic heterocycles. The first-order chi connectivity index (χ1) is 8.95. The van der Waals surface area contributed by atoms with Crippen LogP contribution in [0.3, 0.4) is 0 Å². The molecule has 19 heavy (non-hydrogen) atoms. The van der Waals surface area contributed by atoms with Gasteiger partial charge in [-0.15, -0.1) is 0 Å². The number of aromatic nitrogens is 2. The summed E-state index contributed by atoms with van der Waals surface area (Å²) in [7, 11) is 0. The van der Waals surface area contributed by atoms with Gasteiger partial charge in [0.05, 0.1) is 5.56 Å². The Morgan fingerprint density at radius 1 is 1.32 bits per heavy atom. The Balaban J connectivity index is 2.28. The minimum absolute atomic E-state index is 0.00465. The van der Waals surface area contributed by atoms with Gasteiger partial charge in [-0.1, -0.05) is 0 Å². The molecule has 0 saturated carbocycles. The molecular weight excluding hydrogens is 256 g/mol. The van der Waals surface area contributed by atoms with Crippen molar-refractivity contribution < 1.29 is 13.6 Å². The minimum atomic E-state index is -0.987. The second kappa shape index (κ2) is 4.97. The van der Waals surface area contributed by atoms with Crippen LogP contribution in [-0.2, 0) is 0 Å². The predicted molar refractivity (Wildman–Crippen MR) is 63.9 cm³/mol. The fraction of sp³-hybridized carbons (Fsp3) is 0.0833. The number of carbonyl (C=O) groups is 1. The molecule has 0 atom stereocenters. The Bertz CT molecular complexity index is 698. The summed E-state index contributed by atoms with van der Waals surface area (Å²) >= 11 is 0. The van der Waals surface area contributed by atoms with Crippen molar-refractivity contribution >= 4 is 11.7 Å². The highest BCUT2D eigenvalue weighted by molar-refractivity contribution is 6.03. The molecule has 7 heteroatoms. The third kappa shape index (κ3) is 3.01. The van der Waals surface area contributed by atoms with Crippen molar-refractivity contribution in [3.05, 3.63) is 57.6 Å². The SMILES string of the molecule is Cc1nc(NC(=O)c2ccc(F)cc2F)cc(=O)[nH]1.